The van der Waals surface area contributed by atoms with Gasteiger partial charge in [0.15, 0.2) is 0 Å². The maximum Gasteiger partial charge on any atom is 0.267 e. The highest BCUT2D eigenvalue weighted by atomic mass is 32.2. The molecule has 0 heterocycles. The lowest BCUT2D eigenvalue weighted by molar-refractivity contribution is -0.122. The Hall–Kier alpha value is -1.18. The van der Waals surface area contributed by atoms with Crippen molar-refractivity contribution in [3.8, 4) is 0 Å². The minimum absolute atomic E-state index is 0.284. The second-order valence-electron chi connectivity index (χ2n) is 15.0. The molecule has 1 amide bonds. The number of hydrogen-bond donors (Lipinski definition) is 3. The van der Waals surface area contributed by atoms with Gasteiger partial charge in [0.2, 0.25) is 5.91 Å². The van der Waals surface area contributed by atoms with E-state index in [1.807, 2.05) is 6.08 Å². The third-order valence-electron chi connectivity index (χ3n) is 9.88. The van der Waals surface area contributed by atoms with Gasteiger partial charge in [-0.15, -0.1) is 0 Å². The first-order valence-electron chi connectivity index (χ1n) is 21.5. The molecule has 0 fully saturated rings. The average molecular weight is 726 g/mol. The summed E-state index contributed by atoms with van der Waals surface area (Å²) in [5.74, 6) is -0.991. The zero-order valence-electron chi connectivity index (χ0n) is 33.0. The van der Waals surface area contributed by atoms with E-state index in [9.17, 15) is 22.9 Å². The maximum atomic E-state index is 12.5. The number of hydrogen-bond acceptors (Lipinski definition) is 4. The fourth-order valence-electron chi connectivity index (χ4n) is 6.64. The molecular weight excluding hydrogens is 643 g/mol. The van der Waals surface area contributed by atoms with Gasteiger partial charge in [0.25, 0.3) is 10.1 Å². The van der Waals surface area contributed by atoms with E-state index in [1.54, 1.807) is 0 Å². The predicted octanol–water partition coefficient (Wildman–Crippen LogP) is 12.7. The van der Waals surface area contributed by atoms with Gasteiger partial charge >= 0.3 is 0 Å². The summed E-state index contributed by atoms with van der Waals surface area (Å²) in [6.07, 6.45) is 47.4. The van der Waals surface area contributed by atoms with Crippen LogP contribution in [0.1, 0.15) is 226 Å². The monoisotopic (exact) mass is 726 g/mol. The van der Waals surface area contributed by atoms with Crippen molar-refractivity contribution in [1.29, 1.82) is 0 Å². The Bertz CT molecular complexity index is 888. The second-order valence-corrected chi connectivity index (χ2v) is 16.5. The Morgan fingerprint density at radius 1 is 0.520 bits per heavy atom. The van der Waals surface area contributed by atoms with Crippen molar-refractivity contribution in [2.45, 2.75) is 238 Å². The largest absolute Gasteiger partial charge is 0.387 e. The van der Waals surface area contributed by atoms with Crippen LogP contribution in [0.25, 0.3) is 0 Å². The molecule has 0 aromatic rings. The molecule has 0 aliphatic rings. The molecule has 0 bridgehead atoms. The minimum Gasteiger partial charge on any atom is -0.387 e. The molecule has 0 aromatic carbocycles. The summed E-state index contributed by atoms with van der Waals surface area (Å²) in [6, 6.07) is -1.07. The fourth-order valence-corrected chi connectivity index (χ4v) is 7.38. The van der Waals surface area contributed by atoms with Crippen molar-refractivity contribution in [3.63, 3.8) is 0 Å². The molecule has 0 spiro atoms. The van der Waals surface area contributed by atoms with Crippen LogP contribution in [-0.2, 0) is 14.9 Å². The van der Waals surface area contributed by atoms with Gasteiger partial charge in [0, 0.05) is 6.42 Å². The number of unbranched alkanes of at least 4 members (excludes halogenated alkanes) is 29. The lowest BCUT2D eigenvalue weighted by atomic mass is 10.0. The average Bonchev–Trinajstić information content (AvgIpc) is 3.08. The highest BCUT2D eigenvalue weighted by Gasteiger charge is 2.24. The van der Waals surface area contributed by atoms with Gasteiger partial charge < -0.3 is 10.4 Å². The van der Waals surface area contributed by atoms with Gasteiger partial charge in [0.05, 0.1) is 17.9 Å². The molecule has 50 heavy (non-hydrogen) atoms. The molecule has 0 aromatic heterocycles. The van der Waals surface area contributed by atoms with Crippen LogP contribution in [-0.4, -0.2) is 41.9 Å². The van der Waals surface area contributed by atoms with Gasteiger partial charge in [-0.25, -0.2) is 0 Å². The highest BCUT2D eigenvalue weighted by Crippen LogP contribution is 2.16. The Kier molecular flexibility index (Phi) is 36.7. The number of aliphatic hydroxyl groups excluding tert-OH is 1. The van der Waals surface area contributed by atoms with Crippen molar-refractivity contribution in [2.75, 3.05) is 5.75 Å². The topological polar surface area (TPSA) is 104 Å². The Morgan fingerprint density at radius 3 is 1.26 bits per heavy atom. The lowest BCUT2D eigenvalue weighted by Crippen LogP contribution is -2.46. The molecule has 2 unspecified atom stereocenters. The van der Waals surface area contributed by atoms with Crippen molar-refractivity contribution in [2.24, 2.45) is 0 Å². The molecule has 6 nitrogen and oxygen atoms in total. The predicted molar refractivity (Wildman–Crippen MR) is 216 cm³/mol. The zero-order valence-corrected chi connectivity index (χ0v) is 33.8. The number of amides is 1. The summed E-state index contributed by atoms with van der Waals surface area (Å²) in [4.78, 5) is 12.5. The number of nitrogens with one attached hydrogen (secondary N) is 1. The zero-order chi connectivity index (χ0) is 36.8. The van der Waals surface area contributed by atoms with Crippen LogP contribution in [0, 0.1) is 0 Å². The van der Waals surface area contributed by atoms with Crippen LogP contribution < -0.4 is 5.32 Å². The molecule has 296 valence electrons. The van der Waals surface area contributed by atoms with Gasteiger partial charge in [-0.1, -0.05) is 212 Å². The summed E-state index contributed by atoms with van der Waals surface area (Å²) in [6.45, 7) is 4.53. The van der Waals surface area contributed by atoms with Crippen LogP contribution >= 0.6 is 0 Å². The SMILES string of the molecule is CCCCCCCCCCC/C=C/CC/C=C/C(O)C(CS(=O)(=O)O)NC(=O)CCCCCCCCCCCCCCCCCCCCCC. The van der Waals surface area contributed by atoms with E-state index < -0.39 is 28.0 Å². The summed E-state index contributed by atoms with van der Waals surface area (Å²) in [7, 11) is -4.35. The fraction of sp³-hybridized carbons (Fsp3) is 0.884. The lowest BCUT2D eigenvalue weighted by Gasteiger charge is -2.21. The molecular formula is C43H83NO5S. The van der Waals surface area contributed by atoms with Gasteiger partial charge in [-0.2, -0.15) is 8.42 Å². The first-order chi connectivity index (χ1) is 24.3. The Balaban J connectivity index is 3.88. The molecule has 0 aliphatic carbocycles. The number of carbonyl (C=O) groups is 1. The van der Waals surface area contributed by atoms with E-state index >= 15 is 0 Å². The van der Waals surface area contributed by atoms with Gasteiger partial charge in [-0.05, 0) is 32.1 Å². The van der Waals surface area contributed by atoms with Crippen LogP contribution in [0.5, 0.6) is 0 Å². The number of rotatable bonds is 39. The Morgan fingerprint density at radius 2 is 0.860 bits per heavy atom. The van der Waals surface area contributed by atoms with E-state index in [-0.39, 0.29) is 5.91 Å². The van der Waals surface area contributed by atoms with E-state index in [1.165, 1.54) is 173 Å². The van der Waals surface area contributed by atoms with Crippen LogP contribution in [0.3, 0.4) is 0 Å². The van der Waals surface area contributed by atoms with E-state index in [0.29, 0.717) is 6.42 Å². The molecule has 0 aliphatic heterocycles. The van der Waals surface area contributed by atoms with Crippen molar-refractivity contribution in [3.05, 3.63) is 24.3 Å². The van der Waals surface area contributed by atoms with Crippen LogP contribution in [0.2, 0.25) is 0 Å². The summed E-state index contributed by atoms with van der Waals surface area (Å²) in [5.41, 5.74) is 0. The first-order valence-corrected chi connectivity index (χ1v) is 23.1. The summed E-state index contributed by atoms with van der Waals surface area (Å²) < 4.78 is 32.5. The second kappa shape index (κ2) is 37.6. The summed E-state index contributed by atoms with van der Waals surface area (Å²) in [5, 5.41) is 13.2. The number of allylic oxidation sites excluding steroid dienone is 3. The normalized spacial score (nSPS) is 13.4. The molecule has 0 rings (SSSR count). The van der Waals surface area contributed by atoms with Gasteiger partial charge in [0.1, 0.15) is 0 Å². The summed E-state index contributed by atoms with van der Waals surface area (Å²) >= 11 is 0. The quantitative estimate of drug-likeness (QED) is 0.0332. The molecule has 0 radical (unpaired) electrons. The van der Waals surface area contributed by atoms with E-state index in [0.717, 1.165) is 38.5 Å². The number of carbonyl (C=O) groups excluding carboxylic acids is 1. The van der Waals surface area contributed by atoms with Crippen molar-refractivity contribution in [1.82, 2.24) is 5.32 Å². The van der Waals surface area contributed by atoms with Crippen LogP contribution in [0.4, 0.5) is 0 Å². The highest BCUT2D eigenvalue weighted by molar-refractivity contribution is 7.85. The molecule has 2 atom stereocenters. The first kappa shape index (κ1) is 48.8. The molecule has 0 saturated carbocycles. The molecule has 0 saturated heterocycles. The van der Waals surface area contributed by atoms with E-state index in [2.05, 4.69) is 31.3 Å². The molecule has 3 N–H and O–H groups in total. The van der Waals surface area contributed by atoms with E-state index in [4.69, 9.17) is 0 Å². The van der Waals surface area contributed by atoms with Crippen molar-refractivity contribution < 1.29 is 22.9 Å². The number of aliphatic hydroxyl groups is 1. The standard InChI is InChI=1S/C43H83NO5S/c1-3-5-7-9-11-13-15-17-19-20-21-22-23-25-27-29-31-33-35-37-39-43(46)44-41(40-50(47,48)49)42(45)38-36-34-32-30-28-26-24-18-16-14-12-10-8-6-4-2/h28,30,36,38,41-42,45H,3-27,29,31-35,37,39-40H2,1-2H3,(H,44,46)(H,47,48,49)/b30-28+,38-36+. The smallest absolute Gasteiger partial charge is 0.267 e. The Labute approximate surface area is 311 Å². The van der Waals surface area contributed by atoms with Gasteiger partial charge in [-0.3, -0.25) is 9.35 Å². The van der Waals surface area contributed by atoms with Crippen molar-refractivity contribution >= 4 is 16.0 Å². The molecule has 7 heteroatoms. The minimum atomic E-state index is -4.35. The maximum absolute atomic E-state index is 12.5. The van der Waals surface area contributed by atoms with Crippen LogP contribution in [0.15, 0.2) is 24.3 Å². The third-order valence-corrected chi connectivity index (χ3v) is 10.7. The third kappa shape index (κ3) is 38.1.